The van der Waals surface area contributed by atoms with Crippen LogP contribution in [-0.4, -0.2) is 15.4 Å². The summed E-state index contributed by atoms with van der Waals surface area (Å²) in [5, 5.41) is 9.57. The lowest BCUT2D eigenvalue weighted by molar-refractivity contribution is 0.686. The Hall–Kier alpha value is -3.75. The van der Waals surface area contributed by atoms with Gasteiger partial charge in [0, 0.05) is 11.8 Å². The lowest BCUT2D eigenvalue weighted by atomic mass is 9.95. The number of hydrogen-bond donors (Lipinski definition) is 1. The van der Waals surface area contributed by atoms with Crippen LogP contribution in [0.25, 0.3) is 33.5 Å². The summed E-state index contributed by atoms with van der Waals surface area (Å²) in [6.45, 7) is 0. The first-order valence-corrected chi connectivity index (χ1v) is 10.9. The molecule has 1 heterocycles. The van der Waals surface area contributed by atoms with Gasteiger partial charge in [-0.2, -0.15) is 5.26 Å². The number of H-pyrrole nitrogens is 1. The van der Waals surface area contributed by atoms with Gasteiger partial charge in [0.15, 0.2) is 0 Å². The molecule has 3 aromatic carbocycles. The fraction of sp³-hybridized carbons (Fsp3) is 0.0400. The Kier molecular flexibility index (Phi) is 5.42. The Labute approximate surface area is 176 Å². The zero-order valence-electron chi connectivity index (χ0n) is 16.3. The lowest BCUT2D eigenvalue weighted by Gasteiger charge is -2.16. The molecular formula is C25H18N2O2S. The second-order valence-electron chi connectivity index (χ2n) is 6.78. The Morgan fingerprint density at radius 1 is 0.767 bits per heavy atom. The minimum Gasteiger partial charge on any atom is -0.320 e. The molecule has 1 unspecified atom stereocenters. The number of nitrogens with one attached hydrogen (secondary N) is 1. The Bertz CT molecular complexity index is 1320. The maximum Gasteiger partial charge on any atom is 0.267 e. The van der Waals surface area contributed by atoms with E-state index in [9.17, 15) is 14.3 Å². The SMILES string of the molecule is CS(=O)c1c(-c2ccc(-c3ccccc3)cc2)c(-c2ccccc2)[nH]c(=O)c1C#N. The highest BCUT2D eigenvalue weighted by molar-refractivity contribution is 7.84. The Balaban J connectivity index is 1.99. The van der Waals surface area contributed by atoms with Gasteiger partial charge in [0.2, 0.25) is 0 Å². The average molecular weight is 410 g/mol. The van der Waals surface area contributed by atoms with Gasteiger partial charge in [-0.15, -0.1) is 0 Å². The monoisotopic (exact) mass is 410 g/mol. The molecule has 0 radical (unpaired) electrons. The second-order valence-corrected chi connectivity index (χ2v) is 8.10. The van der Waals surface area contributed by atoms with Crippen LogP contribution in [0.1, 0.15) is 5.56 Å². The van der Waals surface area contributed by atoms with Crippen LogP contribution in [0.4, 0.5) is 0 Å². The van der Waals surface area contributed by atoms with E-state index < -0.39 is 16.4 Å². The summed E-state index contributed by atoms with van der Waals surface area (Å²) in [6.07, 6.45) is 1.49. The van der Waals surface area contributed by atoms with Crippen molar-refractivity contribution in [1.29, 1.82) is 5.26 Å². The fourth-order valence-corrected chi connectivity index (χ4v) is 4.46. The first-order valence-electron chi connectivity index (χ1n) is 9.35. The van der Waals surface area contributed by atoms with Crippen molar-refractivity contribution in [2.75, 3.05) is 6.26 Å². The summed E-state index contributed by atoms with van der Waals surface area (Å²) >= 11 is 0. The molecule has 0 saturated carbocycles. The van der Waals surface area contributed by atoms with Gasteiger partial charge in [0.1, 0.15) is 11.6 Å². The second kappa shape index (κ2) is 8.32. The molecule has 4 nitrogen and oxygen atoms in total. The van der Waals surface area contributed by atoms with Crippen molar-refractivity contribution in [3.63, 3.8) is 0 Å². The maximum absolute atomic E-state index is 12.7. The number of benzene rings is 3. The van der Waals surface area contributed by atoms with Crippen LogP contribution in [0.2, 0.25) is 0 Å². The molecule has 0 saturated heterocycles. The molecule has 146 valence electrons. The summed E-state index contributed by atoms with van der Waals surface area (Å²) in [4.78, 5) is 15.7. The number of aromatic nitrogens is 1. The van der Waals surface area contributed by atoms with Crippen LogP contribution >= 0.6 is 0 Å². The van der Waals surface area contributed by atoms with Crippen molar-refractivity contribution in [3.8, 4) is 39.6 Å². The number of hydrogen-bond acceptors (Lipinski definition) is 3. The summed E-state index contributed by atoms with van der Waals surface area (Å²) < 4.78 is 12.7. The molecule has 4 aromatic rings. The molecule has 1 aromatic heterocycles. The van der Waals surface area contributed by atoms with E-state index in [-0.39, 0.29) is 10.5 Å². The zero-order chi connectivity index (χ0) is 21.1. The molecule has 1 N–H and O–H groups in total. The standard InChI is InChI=1S/C25H18N2O2S/c1-30(29)24-21(16-26)25(28)27-23(20-10-6-3-7-11-20)22(24)19-14-12-18(13-15-19)17-8-4-2-5-9-17/h2-15H,1H3,(H,27,28). The molecule has 30 heavy (non-hydrogen) atoms. The number of nitriles is 1. The molecule has 0 fully saturated rings. The van der Waals surface area contributed by atoms with Gasteiger partial charge in [-0.05, 0) is 22.3 Å². The highest BCUT2D eigenvalue weighted by atomic mass is 32.2. The average Bonchev–Trinajstić information content (AvgIpc) is 2.79. The van der Waals surface area contributed by atoms with Crippen molar-refractivity contribution in [2.45, 2.75) is 4.90 Å². The normalized spacial score (nSPS) is 11.6. The number of aromatic amines is 1. The van der Waals surface area contributed by atoms with E-state index >= 15 is 0 Å². The minimum absolute atomic E-state index is 0.113. The molecule has 0 aliphatic rings. The quantitative estimate of drug-likeness (QED) is 0.515. The van der Waals surface area contributed by atoms with Crippen molar-refractivity contribution < 1.29 is 4.21 Å². The van der Waals surface area contributed by atoms with Crippen molar-refractivity contribution in [2.24, 2.45) is 0 Å². The van der Waals surface area contributed by atoms with Crippen molar-refractivity contribution in [1.82, 2.24) is 4.98 Å². The molecular weight excluding hydrogens is 392 g/mol. The van der Waals surface area contributed by atoms with Crippen LogP contribution in [0.15, 0.2) is 94.6 Å². The highest BCUT2D eigenvalue weighted by Gasteiger charge is 2.22. The van der Waals surface area contributed by atoms with E-state index in [0.29, 0.717) is 11.3 Å². The van der Waals surface area contributed by atoms with Crippen LogP contribution in [-0.2, 0) is 10.8 Å². The van der Waals surface area contributed by atoms with E-state index in [1.807, 2.05) is 91.0 Å². The number of pyridine rings is 1. The maximum atomic E-state index is 12.7. The van der Waals surface area contributed by atoms with Crippen molar-refractivity contribution >= 4 is 10.8 Å². The van der Waals surface area contributed by atoms with Gasteiger partial charge in [0.25, 0.3) is 5.56 Å². The van der Waals surface area contributed by atoms with Crippen LogP contribution in [0, 0.1) is 11.3 Å². The topological polar surface area (TPSA) is 73.7 Å². The Morgan fingerprint density at radius 2 is 1.27 bits per heavy atom. The fourth-order valence-electron chi connectivity index (χ4n) is 3.53. The molecule has 4 rings (SSSR count). The third-order valence-electron chi connectivity index (χ3n) is 4.91. The molecule has 0 amide bonds. The van der Waals surface area contributed by atoms with E-state index in [4.69, 9.17) is 0 Å². The Morgan fingerprint density at radius 3 is 1.80 bits per heavy atom. The van der Waals surface area contributed by atoms with Gasteiger partial charge in [-0.3, -0.25) is 9.00 Å². The first-order chi connectivity index (χ1) is 14.6. The van der Waals surface area contributed by atoms with Gasteiger partial charge < -0.3 is 4.98 Å². The van der Waals surface area contributed by atoms with Crippen LogP contribution in [0.3, 0.4) is 0 Å². The first kappa shape index (κ1) is 19.6. The minimum atomic E-state index is -1.53. The molecule has 0 aliphatic heterocycles. The number of rotatable bonds is 4. The lowest BCUT2D eigenvalue weighted by Crippen LogP contribution is -2.17. The predicted octanol–water partition coefficient (Wildman–Crippen LogP) is 4.98. The summed E-state index contributed by atoms with van der Waals surface area (Å²) in [5.74, 6) is 0. The van der Waals surface area contributed by atoms with E-state index in [1.165, 1.54) is 6.26 Å². The smallest absolute Gasteiger partial charge is 0.267 e. The molecule has 0 aliphatic carbocycles. The molecule has 1 atom stereocenters. The molecule has 5 heteroatoms. The zero-order valence-corrected chi connectivity index (χ0v) is 17.1. The van der Waals surface area contributed by atoms with Gasteiger partial charge in [0.05, 0.1) is 21.4 Å². The summed E-state index contributed by atoms with van der Waals surface area (Å²) in [5.41, 5.74) is 4.22. The third kappa shape index (κ3) is 3.61. The largest absolute Gasteiger partial charge is 0.320 e. The van der Waals surface area contributed by atoms with E-state index in [2.05, 4.69) is 4.98 Å². The van der Waals surface area contributed by atoms with Gasteiger partial charge >= 0.3 is 0 Å². The van der Waals surface area contributed by atoms with Crippen molar-refractivity contribution in [3.05, 3.63) is 101 Å². The number of nitrogens with zero attached hydrogens (tertiary/aromatic N) is 1. The van der Waals surface area contributed by atoms with E-state index in [0.717, 1.165) is 22.3 Å². The van der Waals surface area contributed by atoms with Crippen LogP contribution < -0.4 is 5.56 Å². The van der Waals surface area contributed by atoms with Gasteiger partial charge in [-0.1, -0.05) is 84.9 Å². The summed E-state index contributed by atoms with van der Waals surface area (Å²) in [6, 6.07) is 29.1. The predicted molar refractivity (Wildman–Crippen MR) is 120 cm³/mol. The van der Waals surface area contributed by atoms with E-state index in [1.54, 1.807) is 0 Å². The highest BCUT2D eigenvalue weighted by Crippen LogP contribution is 2.36. The molecule has 0 bridgehead atoms. The summed E-state index contributed by atoms with van der Waals surface area (Å²) in [7, 11) is -1.53. The third-order valence-corrected chi connectivity index (χ3v) is 5.90. The molecule has 0 spiro atoms. The van der Waals surface area contributed by atoms with Crippen LogP contribution in [0.5, 0.6) is 0 Å². The van der Waals surface area contributed by atoms with Gasteiger partial charge in [-0.25, -0.2) is 0 Å².